The van der Waals surface area contributed by atoms with Crippen molar-refractivity contribution in [2.75, 3.05) is 11.9 Å². The lowest BCUT2D eigenvalue weighted by atomic mass is 10.1. The molecule has 4 heteroatoms. The molecular formula is C14H11F2NO. The summed E-state index contributed by atoms with van der Waals surface area (Å²) in [6.07, 6.45) is 0. The summed E-state index contributed by atoms with van der Waals surface area (Å²) in [7, 11) is 0. The molecule has 1 N–H and O–H groups in total. The van der Waals surface area contributed by atoms with Gasteiger partial charge in [0.2, 0.25) is 5.82 Å². The Bertz CT molecular complexity index is 572. The third-order valence-electron chi connectivity index (χ3n) is 2.98. The first-order valence-electron chi connectivity index (χ1n) is 5.68. The highest BCUT2D eigenvalue weighted by atomic mass is 19.2. The lowest BCUT2D eigenvalue weighted by Crippen LogP contribution is -2.24. The molecule has 2 aromatic carbocycles. The van der Waals surface area contributed by atoms with Crippen LogP contribution >= 0.6 is 0 Å². The Kier molecular flexibility index (Phi) is 2.63. The molecule has 1 aliphatic rings. The molecule has 0 radical (unpaired) electrons. The highest BCUT2D eigenvalue weighted by molar-refractivity contribution is 5.60. The second-order valence-corrected chi connectivity index (χ2v) is 4.16. The zero-order chi connectivity index (χ0) is 12.5. The van der Waals surface area contributed by atoms with E-state index >= 15 is 0 Å². The van der Waals surface area contributed by atoms with E-state index in [1.165, 1.54) is 6.07 Å². The Morgan fingerprint density at radius 3 is 2.61 bits per heavy atom. The minimum atomic E-state index is -0.938. The first-order valence-corrected chi connectivity index (χ1v) is 5.68. The minimum Gasteiger partial charge on any atom is -0.486 e. The lowest BCUT2D eigenvalue weighted by molar-refractivity contribution is 0.268. The van der Waals surface area contributed by atoms with Gasteiger partial charge in [0, 0.05) is 0 Å². The molecular weight excluding hydrogens is 236 g/mol. The number of anilines is 1. The summed E-state index contributed by atoms with van der Waals surface area (Å²) in [4.78, 5) is 0. The fraction of sp³-hybridized carbons (Fsp3) is 0.143. The van der Waals surface area contributed by atoms with Gasteiger partial charge in [-0.2, -0.15) is 4.39 Å². The summed E-state index contributed by atoms with van der Waals surface area (Å²) in [5.74, 6) is -1.87. The Balaban J connectivity index is 1.93. The van der Waals surface area contributed by atoms with Gasteiger partial charge in [0.05, 0.1) is 11.7 Å². The smallest absolute Gasteiger partial charge is 0.202 e. The van der Waals surface area contributed by atoms with Crippen LogP contribution in [0.15, 0.2) is 42.5 Å². The third kappa shape index (κ3) is 1.79. The molecule has 0 fully saturated rings. The number of hydrogen-bond acceptors (Lipinski definition) is 2. The van der Waals surface area contributed by atoms with E-state index in [0.29, 0.717) is 5.69 Å². The first-order chi connectivity index (χ1) is 8.75. The van der Waals surface area contributed by atoms with E-state index in [4.69, 9.17) is 4.74 Å². The highest BCUT2D eigenvalue weighted by Gasteiger charge is 2.24. The van der Waals surface area contributed by atoms with Crippen molar-refractivity contribution in [1.82, 2.24) is 0 Å². The van der Waals surface area contributed by atoms with E-state index < -0.39 is 11.6 Å². The molecule has 1 atom stereocenters. The van der Waals surface area contributed by atoms with Gasteiger partial charge in [0.15, 0.2) is 11.6 Å². The molecule has 1 heterocycles. The molecule has 18 heavy (non-hydrogen) atoms. The molecule has 1 aliphatic heterocycles. The van der Waals surface area contributed by atoms with Gasteiger partial charge in [0.1, 0.15) is 6.61 Å². The minimum absolute atomic E-state index is 0.0396. The van der Waals surface area contributed by atoms with Crippen LogP contribution in [0.1, 0.15) is 11.6 Å². The Morgan fingerprint density at radius 1 is 1.06 bits per heavy atom. The van der Waals surface area contributed by atoms with Gasteiger partial charge in [-0.1, -0.05) is 30.3 Å². The second kappa shape index (κ2) is 4.29. The molecule has 0 saturated carbocycles. The van der Waals surface area contributed by atoms with E-state index in [-0.39, 0.29) is 18.4 Å². The van der Waals surface area contributed by atoms with Crippen molar-refractivity contribution in [2.24, 2.45) is 0 Å². The molecule has 2 aromatic rings. The first kappa shape index (κ1) is 11.0. The number of fused-ring (bicyclic) bond motifs is 1. The van der Waals surface area contributed by atoms with Crippen molar-refractivity contribution in [1.29, 1.82) is 0 Å². The van der Waals surface area contributed by atoms with Gasteiger partial charge in [0.25, 0.3) is 0 Å². The molecule has 2 nitrogen and oxygen atoms in total. The summed E-state index contributed by atoms with van der Waals surface area (Å²) in [6.45, 7) is 0.275. The Morgan fingerprint density at radius 2 is 1.83 bits per heavy atom. The predicted octanol–water partition coefficient (Wildman–Crippen LogP) is 3.51. The van der Waals surface area contributed by atoms with Crippen molar-refractivity contribution in [3.63, 3.8) is 0 Å². The van der Waals surface area contributed by atoms with Crippen LogP contribution in [0, 0.1) is 11.6 Å². The molecule has 0 aromatic heterocycles. The quantitative estimate of drug-likeness (QED) is 0.832. The van der Waals surface area contributed by atoms with Crippen molar-refractivity contribution in [3.8, 4) is 5.75 Å². The van der Waals surface area contributed by atoms with Crippen molar-refractivity contribution < 1.29 is 13.5 Å². The largest absolute Gasteiger partial charge is 0.486 e. The SMILES string of the molecule is Fc1ccc2c(c1F)OC[C@H](c1ccccc1)N2. The monoisotopic (exact) mass is 247 g/mol. The zero-order valence-electron chi connectivity index (χ0n) is 9.49. The average Bonchev–Trinajstić information content (AvgIpc) is 2.44. The summed E-state index contributed by atoms with van der Waals surface area (Å²) < 4.78 is 31.8. The standard InChI is InChI=1S/C14H11F2NO/c15-10-6-7-11-14(13(10)16)18-8-12(17-11)9-4-2-1-3-5-9/h1-7,12,17H,8H2/t12-/m1/s1. The van der Waals surface area contributed by atoms with E-state index in [0.717, 1.165) is 11.6 Å². The number of rotatable bonds is 1. The highest BCUT2D eigenvalue weighted by Crippen LogP contribution is 2.36. The van der Waals surface area contributed by atoms with Crippen LogP contribution in [0.3, 0.4) is 0 Å². The van der Waals surface area contributed by atoms with Crippen LogP contribution in [0.5, 0.6) is 5.75 Å². The number of ether oxygens (including phenoxy) is 1. The number of nitrogens with one attached hydrogen (secondary N) is 1. The van der Waals surface area contributed by atoms with Crippen LogP contribution in [0.25, 0.3) is 0 Å². The Hall–Kier alpha value is -2.10. The van der Waals surface area contributed by atoms with E-state index in [2.05, 4.69) is 5.32 Å². The number of hydrogen-bond donors (Lipinski definition) is 1. The van der Waals surface area contributed by atoms with Gasteiger partial charge in [-0.3, -0.25) is 0 Å². The van der Waals surface area contributed by atoms with Crippen LogP contribution < -0.4 is 10.1 Å². The number of benzene rings is 2. The fourth-order valence-corrected chi connectivity index (χ4v) is 2.05. The molecule has 0 amide bonds. The average molecular weight is 247 g/mol. The van der Waals surface area contributed by atoms with E-state index in [9.17, 15) is 8.78 Å². The van der Waals surface area contributed by atoms with Gasteiger partial charge in [-0.25, -0.2) is 4.39 Å². The van der Waals surface area contributed by atoms with Crippen molar-refractivity contribution >= 4 is 5.69 Å². The molecule has 0 spiro atoms. The maximum Gasteiger partial charge on any atom is 0.202 e. The summed E-state index contributed by atoms with van der Waals surface area (Å²) in [5, 5.41) is 3.15. The van der Waals surface area contributed by atoms with E-state index in [1.54, 1.807) is 0 Å². The van der Waals surface area contributed by atoms with Crippen LogP contribution in [-0.4, -0.2) is 6.61 Å². The van der Waals surface area contributed by atoms with Gasteiger partial charge in [-0.15, -0.1) is 0 Å². The summed E-state index contributed by atoms with van der Waals surface area (Å²) in [6, 6.07) is 12.2. The van der Waals surface area contributed by atoms with Gasteiger partial charge >= 0.3 is 0 Å². The van der Waals surface area contributed by atoms with Crippen molar-refractivity contribution in [3.05, 3.63) is 59.7 Å². The third-order valence-corrected chi connectivity index (χ3v) is 2.98. The normalized spacial score (nSPS) is 17.6. The van der Waals surface area contributed by atoms with Gasteiger partial charge < -0.3 is 10.1 Å². The molecule has 3 rings (SSSR count). The second-order valence-electron chi connectivity index (χ2n) is 4.16. The summed E-state index contributed by atoms with van der Waals surface area (Å²) in [5.41, 5.74) is 1.53. The zero-order valence-corrected chi connectivity index (χ0v) is 9.49. The molecule has 0 unspecified atom stereocenters. The molecule has 0 aliphatic carbocycles. The lowest BCUT2D eigenvalue weighted by Gasteiger charge is -2.28. The Labute approximate surface area is 103 Å². The molecule has 92 valence electrons. The van der Waals surface area contributed by atoms with Crippen molar-refractivity contribution in [2.45, 2.75) is 6.04 Å². The maximum atomic E-state index is 13.5. The summed E-state index contributed by atoms with van der Waals surface area (Å²) >= 11 is 0. The number of halogens is 2. The van der Waals surface area contributed by atoms with E-state index in [1.807, 2.05) is 30.3 Å². The fourth-order valence-electron chi connectivity index (χ4n) is 2.05. The van der Waals surface area contributed by atoms with Gasteiger partial charge in [-0.05, 0) is 17.7 Å². The van der Waals surface area contributed by atoms with Crippen LogP contribution in [0.2, 0.25) is 0 Å². The maximum absolute atomic E-state index is 13.5. The topological polar surface area (TPSA) is 21.3 Å². The molecule has 0 saturated heterocycles. The molecule has 0 bridgehead atoms. The predicted molar refractivity (Wildman–Crippen MR) is 64.7 cm³/mol. The van der Waals surface area contributed by atoms with Crippen LogP contribution in [-0.2, 0) is 0 Å². The van der Waals surface area contributed by atoms with Crippen LogP contribution in [0.4, 0.5) is 14.5 Å².